The van der Waals surface area contributed by atoms with Gasteiger partial charge in [0.15, 0.2) is 5.69 Å². The summed E-state index contributed by atoms with van der Waals surface area (Å²) in [5.41, 5.74) is 5.37. The number of piperidine rings is 1. The van der Waals surface area contributed by atoms with E-state index in [2.05, 4.69) is 24.4 Å². The average Bonchev–Trinajstić information content (AvgIpc) is 3.36. The second kappa shape index (κ2) is 6.48. The van der Waals surface area contributed by atoms with E-state index in [9.17, 15) is 4.79 Å². The Bertz CT molecular complexity index is 874. The Morgan fingerprint density at radius 3 is 2.67 bits per heavy atom. The van der Waals surface area contributed by atoms with Gasteiger partial charge in [-0.1, -0.05) is 18.2 Å². The maximum Gasteiger partial charge on any atom is 0.274 e. The fraction of sp³-hybridized carbons (Fsp3) is 0.545. The molecule has 2 aliphatic heterocycles. The van der Waals surface area contributed by atoms with E-state index in [0.29, 0.717) is 23.8 Å². The van der Waals surface area contributed by atoms with Crippen LogP contribution in [0.2, 0.25) is 0 Å². The van der Waals surface area contributed by atoms with Crippen LogP contribution in [-0.4, -0.2) is 45.8 Å². The third-order valence-electron chi connectivity index (χ3n) is 6.79. The Kier molecular flexibility index (Phi) is 4.08. The van der Waals surface area contributed by atoms with Gasteiger partial charge in [0.25, 0.3) is 5.91 Å². The number of rotatable bonds is 3. The summed E-state index contributed by atoms with van der Waals surface area (Å²) in [7, 11) is 1.98. The number of para-hydroxylation sites is 1. The van der Waals surface area contributed by atoms with Crippen LogP contribution in [-0.2, 0) is 12.8 Å². The van der Waals surface area contributed by atoms with Crippen molar-refractivity contribution < 1.29 is 4.79 Å². The van der Waals surface area contributed by atoms with E-state index in [0.717, 1.165) is 37.8 Å². The van der Waals surface area contributed by atoms with E-state index in [1.807, 2.05) is 28.8 Å². The van der Waals surface area contributed by atoms with Crippen LogP contribution in [0.25, 0.3) is 5.69 Å². The van der Waals surface area contributed by atoms with Crippen LogP contribution >= 0.6 is 0 Å². The van der Waals surface area contributed by atoms with Crippen molar-refractivity contribution in [3.8, 4) is 5.69 Å². The van der Waals surface area contributed by atoms with Crippen molar-refractivity contribution in [3.63, 3.8) is 0 Å². The smallest absolute Gasteiger partial charge is 0.274 e. The number of aryl methyl sites for hydroxylation is 1. The normalized spacial score (nSPS) is 26.2. The van der Waals surface area contributed by atoms with Gasteiger partial charge in [-0.3, -0.25) is 4.79 Å². The first kappa shape index (κ1) is 17.0. The first-order valence-corrected chi connectivity index (χ1v) is 10.3. The fourth-order valence-electron chi connectivity index (χ4n) is 5.29. The lowest BCUT2D eigenvalue weighted by Gasteiger charge is -2.35. The van der Waals surface area contributed by atoms with E-state index in [4.69, 9.17) is 5.10 Å². The molecule has 1 amide bonds. The molecule has 5 nitrogen and oxygen atoms in total. The van der Waals surface area contributed by atoms with E-state index in [1.165, 1.54) is 29.7 Å². The summed E-state index contributed by atoms with van der Waals surface area (Å²) in [6.07, 6.45) is 7.72. The van der Waals surface area contributed by atoms with Gasteiger partial charge in [-0.2, -0.15) is 5.10 Å². The minimum absolute atomic E-state index is 0.104. The maximum absolute atomic E-state index is 13.4. The van der Waals surface area contributed by atoms with Crippen LogP contribution in [0.5, 0.6) is 0 Å². The van der Waals surface area contributed by atoms with Gasteiger partial charge in [0.2, 0.25) is 0 Å². The number of benzene rings is 1. The molecule has 3 heterocycles. The molecule has 3 aliphatic rings. The molecule has 5 heteroatoms. The number of carbonyl (C=O) groups is 1. The van der Waals surface area contributed by atoms with Gasteiger partial charge in [0.1, 0.15) is 0 Å². The zero-order valence-electron chi connectivity index (χ0n) is 16.2. The van der Waals surface area contributed by atoms with Gasteiger partial charge in [0, 0.05) is 36.4 Å². The molecule has 0 spiro atoms. The summed E-state index contributed by atoms with van der Waals surface area (Å²) in [5.74, 6) is 0.104. The predicted molar refractivity (Wildman–Crippen MR) is 105 cm³/mol. The Labute approximate surface area is 160 Å². The standard InChI is InChI=1S/C22H28N4O/c1-14-6-3-4-8-19(14)26-20-9-5-7-18(20)21(24-26)22(27)25(2)17-12-15-10-11-16(13-17)23-15/h3-4,6,8,15-17,23H,5,7,9-13H2,1-2H3. The van der Waals surface area contributed by atoms with E-state index in [-0.39, 0.29) is 5.91 Å². The number of hydrogen-bond donors (Lipinski definition) is 1. The summed E-state index contributed by atoms with van der Waals surface area (Å²) in [4.78, 5) is 15.4. The highest BCUT2D eigenvalue weighted by molar-refractivity contribution is 5.94. The first-order chi connectivity index (χ1) is 13.1. The molecule has 1 aromatic carbocycles. The second-order valence-corrected chi connectivity index (χ2v) is 8.50. The van der Waals surface area contributed by atoms with Crippen LogP contribution in [0.1, 0.15) is 59.4 Å². The molecule has 2 fully saturated rings. The van der Waals surface area contributed by atoms with Crippen LogP contribution in [0.3, 0.4) is 0 Å². The topological polar surface area (TPSA) is 50.2 Å². The largest absolute Gasteiger partial charge is 0.337 e. The van der Waals surface area contributed by atoms with Crippen molar-refractivity contribution >= 4 is 5.91 Å². The molecule has 2 unspecified atom stereocenters. The zero-order valence-corrected chi connectivity index (χ0v) is 16.2. The molecule has 0 radical (unpaired) electrons. The minimum Gasteiger partial charge on any atom is -0.337 e. The van der Waals surface area contributed by atoms with Crippen LogP contribution in [0.4, 0.5) is 0 Å². The van der Waals surface area contributed by atoms with E-state index >= 15 is 0 Å². The number of amides is 1. The van der Waals surface area contributed by atoms with Crippen LogP contribution in [0.15, 0.2) is 24.3 Å². The Balaban J connectivity index is 1.47. The van der Waals surface area contributed by atoms with Gasteiger partial charge in [-0.15, -0.1) is 0 Å². The Morgan fingerprint density at radius 1 is 1.19 bits per heavy atom. The number of carbonyl (C=O) groups excluding carboxylic acids is 1. The van der Waals surface area contributed by atoms with Crippen molar-refractivity contribution in [2.45, 2.75) is 70.0 Å². The third-order valence-corrected chi connectivity index (χ3v) is 6.79. The van der Waals surface area contributed by atoms with Crippen molar-refractivity contribution in [3.05, 3.63) is 46.8 Å². The number of nitrogens with one attached hydrogen (secondary N) is 1. The van der Waals surface area contributed by atoms with Gasteiger partial charge in [-0.25, -0.2) is 4.68 Å². The molecule has 2 aromatic rings. The lowest BCUT2D eigenvalue weighted by atomic mass is 9.98. The summed E-state index contributed by atoms with van der Waals surface area (Å²) in [5, 5.41) is 8.51. The summed E-state index contributed by atoms with van der Waals surface area (Å²) >= 11 is 0. The van der Waals surface area contributed by atoms with Crippen molar-refractivity contribution in [2.24, 2.45) is 0 Å². The number of fused-ring (bicyclic) bond motifs is 3. The van der Waals surface area contributed by atoms with Gasteiger partial charge >= 0.3 is 0 Å². The molecule has 27 heavy (non-hydrogen) atoms. The monoisotopic (exact) mass is 364 g/mol. The van der Waals surface area contributed by atoms with Gasteiger partial charge < -0.3 is 10.2 Å². The van der Waals surface area contributed by atoms with Gasteiger partial charge in [-0.05, 0) is 63.5 Å². The summed E-state index contributed by atoms with van der Waals surface area (Å²) in [6, 6.07) is 9.80. The molecule has 1 N–H and O–H groups in total. The van der Waals surface area contributed by atoms with Crippen LogP contribution < -0.4 is 5.32 Å². The highest BCUT2D eigenvalue weighted by atomic mass is 16.2. The Morgan fingerprint density at radius 2 is 1.93 bits per heavy atom. The van der Waals surface area contributed by atoms with E-state index in [1.54, 1.807) is 0 Å². The SMILES string of the molecule is Cc1ccccc1-n1nc(C(=O)N(C)C2CC3CCC(C2)N3)c2c1CCC2. The lowest BCUT2D eigenvalue weighted by Crippen LogP contribution is -2.48. The fourth-order valence-corrected chi connectivity index (χ4v) is 5.29. The first-order valence-electron chi connectivity index (χ1n) is 10.3. The minimum atomic E-state index is 0.104. The molecule has 1 aliphatic carbocycles. The Hall–Kier alpha value is -2.14. The molecule has 2 atom stereocenters. The highest BCUT2D eigenvalue weighted by Gasteiger charge is 2.38. The number of hydrogen-bond acceptors (Lipinski definition) is 3. The zero-order chi connectivity index (χ0) is 18.5. The molecular weight excluding hydrogens is 336 g/mol. The van der Waals surface area contributed by atoms with Crippen LogP contribution in [0, 0.1) is 6.92 Å². The third kappa shape index (κ3) is 2.80. The molecule has 2 bridgehead atoms. The molecule has 2 saturated heterocycles. The molecule has 1 aromatic heterocycles. The summed E-state index contributed by atoms with van der Waals surface area (Å²) < 4.78 is 2.03. The highest BCUT2D eigenvalue weighted by Crippen LogP contribution is 2.32. The quantitative estimate of drug-likeness (QED) is 0.911. The molecular formula is C22H28N4O. The number of aromatic nitrogens is 2. The van der Waals surface area contributed by atoms with Gasteiger partial charge in [0.05, 0.1) is 5.69 Å². The molecule has 0 saturated carbocycles. The number of nitrogens with zero attached hydrogens (tertiary/aromatic N) is 3. The van der Waals surface area contributed by atoms with Crippen molar-refractivity contribution in [1.82, 2.24) is 20.0 Å². The predicted octanol–water partition coefficient (Wildman–Crippen LogP) is 3.02. The molecule has 142 valence electrons. The average molecular weight is 364 g/mol. The van der Waals surface area contributed by atoms with E-state index < -0.39 is 0 Å². The summed E-state index contributed by atoms with van der Waals surface area (Å²) in [6.45, 7) is 2.11. The second-order valence-electron chi connectivity index (χ2n) is 8.50. The molecule has 5 rings (SSSR count). The van der Waals surface area contributed by atoms with Crippen molar-refractivity contribution in [1.29, 1.82) is 0 Å². The van der Waals surface area contributed by atoms with Crippen molar-refractivity contribution in [2.75, 3.05) is 7.05 Å². The maximum atomic E-state index is 13.4. The lowest BCUT2D eigenvalue weighted by molar-refractivity contribution is 0.0674.